The van der Waals surface area contributed by atoms with Crippen molar-refractivity contribution in [3.05, 3.63) is 54.2 Å². The van der Waals surface area contributed by atoms with Gasteiger partial charge in [-0.05, 0) is 30.3 Å². The van der Waals surface area contributed by atoms with E-state index in [1.54, 1.807) is 6.20 Å². The number of anilines is 2. The van der Waals surface area contributed by atoms with Crippen LogP contribution in [0.15, 0.2) is 53.7 Å². The second-order valence-corrected chi connectivity index (χ2v) is 11.3. The monoisotopic (exact) mass is 457 g/mol. The van der Waals surface area contributed by atoms with E-state index in [1.165, 1.54) is 11.8 Å². The van der Waals surface area contributed by atoms with Gasteiger partial charge in [0.25, 0.3) is 5.91 Å². The zero-order valence-corrected chi connectivity index (χ0v) is 18.5. The van der Waals surface area contributed by atoms with Crippen LogP contribution in [0, 0.1) is 0 Å². The molecular formula is C21H23N5O3S2. The van der Waals surface area contributed by atoms with E-state index in [4.69, 9.17) is 0 Å². The van der Waals surface area contributed by atoms with Crippen molar-refractivity contribution in [3.63, 3.8) is 0 Å². The van der Waals surface area contributed by atoms with Crippen molar-refractivity contribution in [3.8, 4) is 0 Å². The number of piperazine rings is 1. The van der Waals surface area contributed by atoms with Gasteiger partial charge in [-0.15, -0.1) is 0 Å². The fourth-order valence-electron chi connectivity index (χ4n) is 4.13. The maximum Gasteiger partial charge on any atom is 0.254 e. The number of aliphatic imine (C=N–C) groups is 1. The van der Waals surface area contributed by atoms with Gasteiger partial charge in [-0.1, -0.05) is 23.9 Å². The van der Waals surface area contributed by atoms with Crippen molar-refractivity contribution in [1.82, 2.24) is 9.88 Å². The average Bonchev–Trinajstić information content (AvgIpc) is 3.26. The number of hydrogen-bond donors (Lipinski definition) is 1. The highest BCUT2D eigenvalue weighted by atomic mass is 32.2. The molecule has 0 radical (unpaired) electrons. The summed E-state index contributed by atoms with van der Waals surface area (Å²) in [6, 6.07) is 13.1. The first-order chi connectivity index (χ1) is 15.0. The van der Waals surface area contributed by atoms with Crippen LogP contribution in [-0.2, 0) is 9.84 Å². The molecule has 2 fully saturated rings. The molecule has 4 heterocycles. The largest absolute Gasteiger partial charge is 0.353 e. The summed E-state index contributed by atoms with van der Waals surface area (Å²) in [4.78, 5) is 26.0. The number of hydrogen-bond acceptors (Lipinski definition) is 8. The maximum absolute atomic E-state index is 13.0. The molecule has 1 N–H and O–H groups in total. The number of fused-ring (bicyclic) bond motifs is 1. The molecule has 31 heavy (non-hydrogen) atoms. The maximum atomic E-state index is 13.0. The van der Waals surface area contributed by atoms with Gasteiger partial charge in [-0.2, -0.15) is 0 Å². The lowest BCUT2D eigenvalue weighted by Gasteiger charge is -2.35. The van der Waals surface area contributed by atoms with Gasteiger partial charge < -0.3 is 15.1 Å². The second-order valence-electron chi connectivity index (χ2n) is 7.91. The molecule has 3 aliphatic rings. The molecular weight excluding hydrogens is 434 g/mol. The normalized spacial score (nSPS) is 24.6. The number of benzene rings is 1. The van der Waals surface area contributed by atoms with Crippen LogP contribution in [0.25, 0.3) is 0 Å². The lowest BCUT2D eigenvalue weighted by atomic mass is 10.1. The number of pyridine rings is 1. The number of carbonyl (C=O) groups excluding carboxylic acids is 1. The summed E-state index contributed by atoms with van der Waals surface area (Å²) >= 11 is 1.47. The van der Waals surface area contributed by atoms with Gasteiger partial charge in [0.1, 0.15) is 5.82 Å². The molecule has 1 aromatic carbocycles. The van der Waals surface area contributed by atoms with Gasteiger partial charge >= 0.3 is 0 Å². The summed E-state index contributed by atoms with van der Waals surface area (Å²) < 4.78 is 23.5. The lowest BCUT2D eigenvalue weighted by Crippen LogP contribution is -2.49. The summed E-state index contributed by atoms with van der Waals surface area (Å²) in [5.41, 5.74) is 1.41. The third-order valence-corrected chi connectivity index (χ3v) is 8.86. The molecule has 0 unspecified atom stereocenters. The first kappa shape index (κ1) is 20.3. The summed E-state index contributed by atoms with van der Waals surface area (Å²) in [5.74, 6) is 1.25. The van der Waals surface area contributed by atoms with E-state index in [0.29, 0.717) is 18.7 Å². The van der Waals surface area contributed by atoms with Gasteiger partial charge in [-0.25, -0.2) is 13.4 Å². The lowest BCUT2D eigenvalue weighted by molar-refractivity contribution is 0.0746. The van der Waals surface area contributed by atoms with Crippen LogP contribution < -0.4 is 10.2 Å². The van der Waals surface area contributed by atoms with E-state index in [2.05, 4.69) is 20.2 Å². The van der Waals surface area contributed by atoms with Gasteiger partial charge in [0, 0.05) is 48.9 Å². The summed E-state index contributed by atoms with van der Waals surface area (Å²) in [6.45, 7) is 2.79. The van der Waals surface area contributed by atoms with Crippen LogP contribution in [0.5, 0.6) is 0 Å². The Morgan fingerprint density at radius 1 is 1.06 bits per heavy atom. The topological polar surface area (TPSA) is 95.0 Å². The highest BCUT2D eigenvalue weighted by molar-refractivity contribution is 8.15. The van der Waals surface area contributed by atoms with E-state index < -0.39 is 9.84 Å². The van der Waals surface area contributed by atoms with Crippen LogP contribution >= 0.6 is 11.8 Å². The summed E-state index contributed by atoms with van der Waals surface area (Å²) in [7, 11) is -2.97. The van der Waals surface area contributed by atoms with Crippen molar-refractivity contribution < 1.29 is 13.2 Å². The Kier molecular flexibility index (Phi) is 5.35. The van der Waals surface area contributed by atoms with Crippen molar-refractivity contribution in [2.24, 2.45) is 4.99 Å². The van der Waals surface area contributed by atoms with Gasteiger partial charge in [0.05, 0.1) is 17.5 Å². The Labute approximate surface area is 185 Å². The molecule has 0 saturated carbocycles. The van der Waals surface area contributed by atoms with Crippen LogP contribution in [0.3, 0.4) is 0 Å². The molecule has 10 heteroatoms. The molecule has 0 aliphatic carbocycles. The number of rotatable bonds is 3. The molecule has 0 bridgehead atoms. The number of aromatic nitrogens is 1. The van der Waals surface area contributed by atoms with E-state index in [-0.39, 0.29) is 28.7 Å². The smallest absolute Gasteiger partial charge is 0.254 e. The minimum absolute atomic E-state index is 0.00675. The number of thioether (sulfide) groups is 1. The van der Waals surface area contributed by atoms with Crippen molar-refractivity contribution in [1.29, 1.82) is 0 Å². The quantitative estimate of drug-likeness (QED) is 0.750. The number of amides is 1. The van der Waals surface area contributed by atoms with Crippen molar-refractivity contribution in [2.75, 3.05) is 47.9 Å². The minimum atomic E-state index is -2.97. The molecule has 1 amide bonds. The molecule has 2 aromatic rings. The first-order valence-corrected chi connectivity index (χ1v) is 12.9. The zero-order valence-electron chi connectivity index (χ0n) is 16.8. The Morgan fingerprint density at radius 3 is 2.65 bits per heavy atom. The number of nitrogens with zero attached hydrogens (tertiary/aromatic N) is 4. The van der Waals surface area contributed by atoms with Crippen LogP contribution in [0.1, 0.15) is 10.4 Å². The minimum Gasteiger partial charge on any atom is -0.353 e. The molecule has 5 rings (SSSR count). The van der Waals surface area contributed by atoms with Gasteiger partial charge in [0.15, 0.2) is 15.0 Å². The molecule has 0 spiro atoms. The Balaban J connectivity index is 1.21. The van der Waals surface area contributed by atoms with E-state index in [9.17, 15) is 13.2 Å². The first-order valence-electron chi connectivity index (χ1n) is 10.2. The number of sulfone groups is 1. The SMILES string of the molecule is O=C(c1cccc(NC2=N[C@H]3CS(=O)(=O)C[C@H]3S2)c1)N1CCN(c2ccccn2)CC1. The molecule has 2 atom stereocenters. The van der Waals surface area contributed by atoms with Crippen molar-refractivity contribution >= 4 is 44.2 Å². The standard InChI is InChI=1S/C21H23N5O3S2/c27-20(26-10-8-25(9-11-26)19-6-1-2-7-22-19)15-4-3-5-16(12-15)23-21-24-17-13-31(28,29)14-18(17)30-21/h1-7,12,17-18H,8-11,13-14H2,(H,23,24)/t17-,18+/m0/s1. The van der Waals surface area contributed by atoms with Gasteiger partial charge in [-0.3, -0.25) is 9.79 Å². The predicted molar refractivity (Wildman–Crippen MR) is 124 cm³/mol. The highest BCUT2D eigenvalue weighted by Gasteiger charge is 2.42. The number of amidine groups is 1. The predicted octanol–water partition coefficient (Wildman–Crippen LogP) is 1.72. The fourth-order valence-corrected chi connectivity index (χ4v) is 7.81. The number of nitrogens with one attached hydrogen (secondary N) is 1. The van der Waals surface area contributed by atoms with E-state index in [1.807, 2.05) is 47.4 Å². The summed E-state index contributed by atoms with van der Waals surface area (Å²) in [6.07, 6.45) is 1.78. The Hall–Kier alpha value is -2.59. The number of carbonyl (C=O) groups is 1. The Bertz CT molecular complexity index is 1110. The fraction of sp³-hybridized carbons (Fsp3) is 0.381. The third-order valence-electron chi connectivity index (χ3n) is 5.72. The molecule has 3 aliphatic heterocycles. The molecule has 8 nitrogen and oxygen atoms in total. The highest BCUT2D eigenvalue weighted by Crippen LogP contribution is 2.34. The zero-order chi connectivity index (χ0) is 21.4. The van der Waals surface area contributed by atoms with Crippen LogP contribution in [-0.4, -0.2) is 78.4 Å². The van der Waals surface area contributed by atoms with Crippen LogP contribution in [0.2, 0.25) is 0 Å². The van der Waals surface area contributed by atoms with E-state index >= 15 is 0 Å². The average molecular weight is 458 g/mol. The van der Waals surface area contributed by atoms with Gasteiger partial charge in [0.2, 0.25) is 0 Å². The second kappa shape index (κ2) is 8.16. The van der Waals surface area contributed by atoms with Crippen LogP contribution in [0.4, 0.5) is 11.5 Å². The molecule has 162 valence electrons. The van der Waals surface area contributed by atoms with Crippen molar-refractivity contribution in [2.45, 2.75) is 11.3 Å². The van der Waals surface area contributed by atoms with E-state index in [0.717, 1.165) is 29.8 Å². The summed E-state index contributed by atoms with van der Waals surface area (Å²) in [5, 5.41) is 3.97. The third kappa shape index (κ3) is 4.40. The molecule has 1 aromatic heterocycles. The Morgan fingerprint density at radius 2 is 1.90 bits per heavy atom. The molecule has 2 saturated heterocycles.